The molecule has 0 aliphatic heterocycles. The summed E-state index contributed by atoms with van der Waals surface area (Å²) in [6.45, 7) is 1.38. The number of benzene rings is 2. The molecule has 2 aromatic rings. The van der Waals surface area contributed by atoms with Gasteiger partial charge in [-0.05, 0) is 31.2 Å². The van der Waals surface area contributed by atoms with Crippen molar-refractivity contribution in [1.29, 1.82) is 0 Å². The molecule has 0 spiro atoms. The normalized spacial score (nSPS) is 11.6. The Morgan fingerprint density at radius 1 is 1.03 bits per heavy atom. The Morgan fingerprint density at radius 2 is 1.73 bits per heavy atom. The molecule has 0 aromatic heterocycles. The summed E-state index contributed by atoms with van der Waals surface area (Å²) >= 11 is 0. The van der Waals surface area contributed by atoms with Crippen molar-refractivity contribution in [3.63, 3.8) is 0 Å². The van der Waals surface area contributed by atoms with Crippen molar-refractivity contribution in [2.45, 2.75) is 25.9 Å². The zero-order valence-electron chi connectivity index (χ0n) is 16.9. The van der Waals surface area contributed by atoms with Gasteiger partial charge in [-0.15, -0.1) is 0 Å². The molecule has 0 radical (unpaired) electrons. The number of anilines is 1. The molecule has 0 saturated carbocycles. The number of nitro groups is 2. The number of hydrazone groups is 1. The molecule has 0 unspecified atom stereocenters. The summed E-state index contributed by atoms with van der Waals surface area (Å²) in [5, 5.41) is 27.8. The van der Waals surface area contributed by atoms with Crippen LogP contribution in [0.2, 0.25) is 0 Å². The molecule has 2 N–H and O–H groups in total. The van der Waals surface area contributed by atoms with Gasteiger partial charge in [0.2, 0.25) is 11.8 Å². The lowest BCUT2D eigenvalue weighted by Crippen LogP contribution is -2.23. The van der Waals surface area contributed by atoms with E-state index < -0.39 is 51.2 Å². The molecule has 0 heterocycles. The Hall–Kier alpha value is -4.36. The van der Waals surface area contributed by atoms with Gasteiger partial charge in [0.1, 0.15) is 0 Å². The number of nitro benzene ring substituents is 2. The summed E-state index contributed by atoms with van der Waals surface area (Å²) < 4.78 is 38.2. The highest BCUT2D eigenvalue weighted by Crippen LogP contribution is 2.30. The Balaban J connectivity index is 1.97. The maximum atomic E-state index is 12.7. The molecule has 11 nitrogen and oxygen atoms in total. The zero-order chi connectivity index (χ0) is 24.8. The van der Waals surface area contributed by atoms with Crippen molar-refractivity contribution < 1.29 is 32.6 Å². The summed E-state index contributed by atoms with van der Waals surface area (Å²) in [4.78, 5) is 44.2. The summed E-state index contributed by atoms with van der Waals surface area (Å²) in [5.74, 6) is -1.47. The SMILES string of the molecule is C/C(CC(=O)Nc1cccc(C(F)(F)F)c1)=N\NC(=O)Cc1ccc([N+](=O)[O-])cc1[N+](=O)[O-]. The third-order valence-corrected chi connectivity index (χ3v) is 4.09. The molecule has 0 aliphatic carbocycles. The molecular formula is C19H16F3N5O6. The summed E-state index contributed by atoms with van der Waals surface area (Å²) in [6.07, 6.45) is -5.43. The average molecular weight is 467 g/mol. The van der Waals surface area contributed by atoms with Crippen molar-refractivity contribution in [2.24, 2.45) is 5.10 Å². The van der Waals surface area contributed by atoms with Gasteiger partial charge in [-0.2, -0.15) is 18.3 Å². The van der Waals surface area contributed by atoms with Crippen LogP contribution in [0.25, 0.3) is 0 Å². The fraction of sp³-hybridized carbons (Fsp3) is 0.211. The number of halogens is 3. The predicted molar refractivity (Wildman–Crippen MR) is 109 cm³/mol. The third-order valence-electron chi connectivity index (χ3n) is 4.09. The van der Waals surface area contributed by atoms with Crippen molar-refractivity contribution in [3.8, 4) is 0 Å². The van der Waals surface area contributed by atoms with Crippen LogP contribution in [0, 0.1) is 20.2 Å². The number of non-ortho nitro benzene ring substituents is 1. The number of carbonyl (C=O) groups excluding carboxylic acids is 2. The van der Waals surface area contributed by atoms with Crippen molar-refractivity contribution in [3.05, 3.63) is 73.8 Å². The van der Waals surface area contributed by atoms with E-state index in [2.05, 4.69) is 15.8 Å². The molecule has 14 heteroatoms. The largest absolute Gasteiger partial charge is 0.416 e. The minimum atomic E-state index is -4.57. The van der Waals surface area contributed by atoms with E-state index in [9.17, 15) is 43.0 Å². The van der Waals surface area contributed by atoms with Crippen molar-refractivity contribution in [1.82, 2.24) is 5.43 Å². The van der Waals surface area contributed by atoms with Crippen LogP contribution >= 0.6 is 0 Å². The number of hydrogen-bond acceptors (Lipinski definition) is 7. The number of amides is 2. The fourth-order valence-electron chi connectivity index (χ4n) is 2.61. The first-order valence-electron chi connectivity index (χ1n) is 9.07. The second-order valence-electron chi connectivity index (χ2n) is 6.69. The summed E-state index contributed by atoms with van der Waals surface area (Å²) in [5.41, 5.74) is -0.00842. The highest BCUT2D eigenvalue weighted by atomic mass is 19.4. The lowest BCUT2D eigenvalue weighted by Gasteiger charge is -2.10. The summed E-state index contributed by atoms with van der Waals surface area (Å²) in [6, 6.07) is 6.86. The molecule has 0 fully saturated rings. The quantitative estimate of drug-likeness (QED) is 0.343. The van der Waals surface area contributed by atoms with Gasteiger partial charge < -0.3 is 5.32 Å². The van der Waals surface area contributed by atoms with E-state index in [0.29, 0.717) is 0 Å². The van der Waals surface area contributed by atoms with Crippen LogP contribution < -0.4 is 10.7 Å². The Bertz CT molecular complexity index is 1130. The predicted octanol–water partition coefficient (Wildman–Crippen LogP) is 3.59. The molecule has 0 atom stereocenters. The van der Waals surface area contributed by atoms with E-state index in [1.807, 2.05) is 0 Å². The second-order valence-corrected chi connectivity index (χ2v) is 6.69. The molecule has 33 heavy (non-hydrogen) atoms. The first-order valence-corrected chi connectivity index (χ1v) is 9.07. The fourth-order valence-corrected chi connectivity index (χ4v) is 2.61. The number of alkyl halides is 3. The van der Waals surface area contributed by atoms with Gasteiger partial charge in [-0.1, -0.05) is 6.07 Å². The second kappa shape index (κ2) is 10.3. The van der Waals surface area contributed by atoms with Crippen LogP contribution in [0.15, 0.2) is 47.6 Å². The van der Waals surface area contributed by atoms with E-state index in [4.69, 9.17) is 0 Å². The van der Waals surface area contributed by atoms with Gasteiger partial charge >= 0.3 is 6.18 Å². The summed E-state index contributed by atoms with van der Waals surface area (Å²) in [7, 11) is 0. The number of hydrogen-bond donors (Lipinski definition) is 2. The molecule has 174 valence electrons. The minimum absolute atomic E-state index is 0.0721. The van der Waals surface area contributed by atoms with E-state index in [-0.39, 0.29) is 23.4 Å². The molecule has 2 amide bonds. The molecule has 2 aromatic carbocycles. The van der Waals surface area contributed by atoms with E-state index >= 15 is 0 Å². The molecule has 0 bridgehead atoms. The van der Waals surface area contributed by atoms with Crippen LogP contribution in [-0.2, 0) is 22.2 Å². The van der Waals surface area contributed by atoms with Crippen LogP contribution in [0.3, 0.4) is 0 Å². The molecule has 0 saturated heterocycles. The van der Waals surface area contributed by atoms with E-state index in [1.54, 1.807) is 0 Å². The molecular weight excluding hydrogens is 451 g/mol. The van der Waals surface area contributed by atoms with Crippen LogP contribution in [0.4, 0.5) is 30.2 Å². The lowest BCUT2D eigenvalue weighted by molar-refractivity contribution is -0.394. The first kappa shape index (κ1) is 24.9. The highest BCUT2D eigenvalue weighted by Gasteiger charge is 2.30. The number of nitrogens with one attached hydrogen (secondary N) is 2. The Kier molecular flexibility index (Phi) is 7.77. The first-order chi connectivity index (χ1) is 15.4. The number of nitrogens with zero attached hydrogens (tertiary/aromatic N) is 3. The average Bonchev–Trinajstić information content (AvgIpc) is 2.71. The highest BCUT2D eigenvalue weighted by molar-refractivity contribution is 6.05. The van der Waals surface area contributed by atoms with E-state index in [1.165, 1.54) is 13.0 Å². The Labute approximate surface area is 183 Å². The Morgan fingerprint density at radius 3 is 2.33 bits per heavy atom. The van der Waals surface area contributed by atoms with Gasteiger partial charge in [0, 0.05) is 23.0 Å². The van der Waals surface area contributed by atoms with Crippen LogP contribution in [0.5, 0.6) is 0 Å². The minimum Gasteiger partial charge on any atom is -0.326 e. The standard InChI is InChI=1S/C19H16F3N5O6/c1-11(7-17(28)23-14-4-2-3-13(9-14)19(20,21)22)24-25-18(29)8-12-5-6-15(26(30)31)10-16(12)27(32)33/h2-6,9-10H,7-8H2,1H3,(H,23,28)(H,25,29)/b24-11+. The van der Waals surface area contributed by atoms with Gasteiger partial charge in [-0.3, -0.25) is 29.8 Å². The third kappa shape index (κ3) is 7.37. The smallest absolute Gasteiger partial charge is 0.326 e. The maximum absolute atomic E-state index is 12.7. The lowest BCUT2D eigenvalue weighted by atomic mass is 10.1. The monoisotopic (exact) mass is 467 g/mol. The van der Waals surface area contributed by atoms with Gasteiger partial charge in [-0.25, -0.2) is 5.43 Å². The van der Waals surface area contributed by atoms with Crippen LogP contribution in [-0.4, -0.2) is 27.4 Å². The maximum Gasteiger partial charge on any atom is 0.416 e. The zero-order valence-corrected chi connectivity index (χ0v) is 16.9. The van der Waals surface area contributed by atoms with E-state index in [0.717, 1.165) is 36.4 Å². The van der Waals surface area contributed by atoms with Gasteiger partial charge in [0.25, 0.3) is 11.4 Å². The van der Waals surface area contributed by atoms with Gasteiger partial charge in [0.05, 0.1) is 34.3 Å². The van der Waals surface area contributed by atoms with Crippen LogP contribution in [0.1, 0.15) is 24.5 Å². The molecule has 0 aliphatic rings. The van der Waals surface area contributed by atoms with Gasteiger partial charge in [0.15, 0.2) is 0 Å². The van der Waals surface area contributed by atoms with Crippen molar-refractivity contribution >= 4 is 34.6 Å². The number of carbonyl (C=O) groups is 2. The van der Waals surface area contributed by atoms with Crippen molar-refractivity contribution in [2.75, 3.05) is 5.32 Å². The topological polar surface area (TPSA) is 157 Å². The molecule has 2 rings (SSSR count). The number of rotatable bonds is 8.